The van der Waals surface area contributed by atoms with E-state index in [0.717, 1.165) is 6.54 Å². The number of nitrogens with zero attached hydrogens (tertiary/aromatic N) is 1. The Morgan fingerprint density at radius 3 is 1.35 bits per heavy atom. The van der Waals surface area contributed by atoms with Crippen LogP contribution in [-0.4, -0.2) is 23.6 Å². The minimum Gasteiger partial charge on any atom is -0.255 e. The fourth-order valence-electron chi connectivity index (χ4n) is 3.53. The number of rotatable bonds is 19. The lowest BCUT2D eigenvalue weighted by Gasteiger charge is -2.36. The molecule has 0 bridgehead atoms. The number of hydrogen-bond donors (Lipinski definition) is 1. The molecule has 0 aromatic carbocycles. The highest BCUT2D eigenvalue weighted by Gasteiger charge is 2.19. The Morgan fingerprint density at radius 1 is 0.538 bits per heavy atom. The molecule has 0 aromatic rings. The molecule has 158 valence electrons. The predicted octanol–water partition coefficient (Wildman–Crippen LogP) is 7.87. The molecule has 0 rings (SSSR count). The van der Waals surface area contributed by atoms with E-state index in [9.17, 15) is 0 Å². The van der Waals surface area contributed by atoms with Crippen molar-refractivity contribution in [1.82, 2.24) is 10.4 Å². The van der Waals surface area contributed by atoms with Gasteiger partial charge in [0.05, 0.1) is 0 Å². The second-order valence-corrected chi connectivity index (χ2v) is 9.18. The predicted molar refractivity (Wildman–Crippen MR) is 120 cm³/mol. The van der Waals surface area contributed by atoms with Gasteiger partial charge in [-0.05, 0) is 33.6 Å². The maximum absolute atomic E-state index is 3.72. The molecule has 2 heteroatoms. The Balaban J connectivity index is 3.65. The molecule has 0 fully saturated rings. The molecule has 0 atom stereocenters. The van der Waals surface area contributed by atoms with Crippen LogP contribution < -0.4 is 5.43 Å². The summed E-state index contributed by atoms with van der Waals surface area (Å²) in [5.41, 5.74) is 3.95. The standard InChI is InChI=1S/C24H52N2/c1-6-8-10-12-14-16-18-20-22-25-26(24(3,4)5)23-21-19-17-15-13-11-9-7-2/h25H,6-23H2,1-5H3. The molecule has 0 aromatic heterocycles. The van der Waals surface area contributed by atoms with E-state index in [2.05, 4.69) is 45.1 Å². The minimum atomic E-state index is 0.223. The van der Waals surface area contributed by atoms with Crippen LogP contribution in [0.25, 0.3) is 0 Å². The molecule has 1 N–H and O–H groups in total. The molecule has 26 heavy (non-hydrogen) atoms. The van der Waals surface area contributed by atoms with Crippen molar-refractivity contribution in [2.75, 3.05) is 13.1 Å². The molecular formula is C24H52N2. The van der Waals surface area contributed by atoms with Gasteiger partial charge in [0.1, 0.15) is 0 Å². The molecule has 0 spiro atoms. The average Bonchev–Trinajstić information content (AvgIpc) is 2.59. The Morgan fingerprint density at radius 2 is 0.923 bits per heavy atom. The van der Waals surface area contributed by atoms with Crippen molar-refractivity contribution in [3.63, 3.8) is 0 Å². The summed E-state index contributed by atoms with van der Waals surface area (Å²) in [5, 5.41) is 2.49. The molecule has 0 unspecified atom stereocenters. The number of unbranched alkanes of at least 4 members (excludes halogenated alkanes) is 14. The summed E-state index contributed by atoms with van der Waals surface area (Å²) < 4.78 is 0. The van der Waals surface area contributed by atoms with Crippen molar-refractivity contribution >= 4 is 0 Å². The number of hydrogen-bond acceptors (Lipinski definition) is 2. The van der Waals surface area contributed by atoms with E-state index < -0.39 is 0 Å². The van der Waals surface area contributed by atoms with Crippen molar-refractivity contribution in [2.24, 2.45) is 0 Å². The van der Waals surface area contributed by atoms with Gasteiger partial charge >= 0.3 is 0 Å². The zero-order chi connectivity index (χ0) is 19.5. The summed E-state index contributed by atoms with van der Waals surface area (Å²) in [4.78, 5) is 0. The van der Waals surface area contributed by atoms with Crippen LogP contribution in [0.2, 0.25) is 0 Å². The van der Waals surface area contributed by atoms with Crippen LogP contribution in [0.15, 0.2) is 0 Å². The molecule has 0 amide bonds. The quantitative estimate of drug-likeness (QED) is 0.184. The normalized spacial score (nSPS) is 12.2. The molecular weight excluding hydrogens is 316 g/mol. The fourth-order valence-corrected chi connectivity index (χ4v) is 3.53. The first kappa shape index (κ1) is 25.9. The van der Waals surface area contributed by atoms with Gasteiger partial charge in [0.2, 0.25) is 0 Å². The summed E-state index contributed by atoms with van der Waals surface area (Å²) in [7, 11) is 0. The van der Waals surface area contributed by atoms with E-state index in [1.54, 1.807) is 0 Å². The van der Waals surface area contributed by atoms with Gasteiger partial charge in [-0.2, -0.15) is 0 Å². The van der Waals surface area contributed by atoms with Gasteiger partial charge in [-0.3, -0.25) is 5.43 Å². The van der Waals surface area contributed by atoms with Gasteiger partial charge in [-0.1, -0.05) is 104 Å². The Kier molecular flexibility index (Phi) is 18.2. The topological polar surface area (TPSA) is 15.3 Å². The van der Waals surface area contributed by atoms with E-state index in [4.69, 9.17) is 0 Å². The van der Waals surface area contributed by atoms with Crippen LogP contribution in [0.4, 0.5) is 0 Å². The van der Waals surface area contributed by atoms with E-state index in [1.807, 2.05) is 0 Å². The first-order chi connectivity index (χ1) is 12.5. The summed E-state index contributed by atoms with van der Waals surface area (Å²) in [5.74, 6) is 0. The zero-order valence-electron chi connectivity index (χ0n) is 19.2. The van der Waals surface area contributed by atoms with Crippen molar-refractivity contribution < 1.29 is 0 Å². The zero-order valence-corrected chi connectivity index (χ0v) is 19.2. The maximum Gasteiger partial charge on any atom is 0.0269 e. The lowest BCUT2D eigenvalue weighted by Crippen LogP contribution is -2.51. The van der Waals surface area contributed by atoms with Crippen LogP contribution in [0.3, 0.4) is 0 Å². The second kappa shape index (κ2) is 18.3. The monoisotopic (exact) mass is 368 g/mol. The highest BCUT2D eigenvalue weighted by molar-refractivity contribution is 4.73. The van der Waals surface area contributed by atoms with Crippen molar-refractivity contribution in [3.05, 3.63) is 0 Å². The Hall–Kier alpha value is -0.0800. The number of nitrogens with one attached hydrogen (secondary N) is 1. The molecule has 0 aliphatic heterocycles. The first-order valence-electron chi connectivity index (χ1n) is 12.0. The van der Waals surface area contributed by atoms with Crippen LogP contribution in [0, 0.1) is 0 Å². The highest BCUT2D eigenvalue weighted by atomic mass is 15.5. The van der Waals surface area contributed by atoms with E-state index in [0.29, 0.717) is 0 Å². The van der Waals surface area contributed by atoms with Crippen LogP contribution >= 0.6 is 0 Å². The summed E-state index contributed by atoms with van der Waals surface area (Å²) in [6.45, 7) is 13.9. The maximum atomic E-state index is 3.72. The van der Waals surface area contributed by atoms with Crippen molar-refractivity contribution in [3.8, 4) is 0 Å². The van der Waals surface area contributed by atoms with Gasteiger partial charge in [0.25, 0.3) is 0 Å². The van der Waals surface area contributed by atoms with E-state index in [1.165, 1.54) is 109 Å². The minimum absolute atomic E-state index is 0.223. The number of hydrazine groups is 1. The Bertz CT molecular complexity index is 270. The largest absolute Gasteiger partial charge is 0.255 e. The summed E-state index contributed by atoms with van der Waals surface area (Å²) >= 11 is 0. The molecule has 0 aliphatic rings. The van der Waals surface area contributed by atoms with Gasteiger partial charge in [0.15, 0.2) is 0 Å². The molecule has 0 saturated heterocycles. The molecule has 0 saturated carbocycles. The molecule has 0 radical (unpaired) electrons. The van der Waals surface area contributed by atoms with Crippen molar-refractivity contribution in [1.29, 1.82) is 0 Å². The second-order valence-electron chi connectivity index (χ2n) is 9.18. The molecule has 0 aliphatic carbocycles. The van der Waals surface area contributed by atoms with Crippen LogP contribution in [-0.2, 0) is 0 Å². The third kappa shape index (κ3) is 17.3. The first-order valence-corrected chi connectivity index (χ1v) is 12.0. The molecule has 0 heterocycles. The fraction of sp³-hybridized carbons (Fsp3) is 1.00. The Labute approximate surface area is 166 Å². The van der Waals surface area contributed by atoms with Gasteiger partial charge in [0, 0.05) is 18.6 Å². The van der Waals surface area contributed by atoms with Gasteiger partial charge in [-0.25, -0.2) is 5.01 Å². The average molecular weight is 369 g/mol. The SMILES string of the molecule is CCCCCCCCCCNN(CCCCCCCCCC)C(C)(C)C. The summed E-state index contributed by atoms with van der Waals surface area (Å²) in [6, 6.07) is 0. The van der Waals surface area contributed by atoms with E-state index >= 15 is 0 Å². The van der Waals surface area contributed by atoms with Crippen molar-refractivity contribution in [2.45, 2.75) is 143 Å². The third-order valence-electron chi connectivity index (χ3n) is 5.38. The highest BCUT2D eigenvalue weighted by Crippen LogP contribution is 2.14. The molecule has 2 nitrogen and oxygen atoms in total. The van der Waals surface area contributed by atoms with Crippen LogP contribution in [0.5, 0.6) is 0 Å². The third-order valence-corrected chi connectivity index (χ3v) is 5.38. The van der Waals surface area contributed by atoms with Crippen LogP contribution in [0.1, 0.15) is 137 Å². The van der Waals surface area contributed by atoms with Gasteiger partial charge in [-0.15, -0.1) is 0 Å². The smallest absolute Gasteiger partial charge is 0.0269 e. The van der Waals surface area contributed by atoms with Gasteiger partial charge < -0.3 is 0 Å². The van der Waals surface area contributed by atoms with E-state index in [-0.39, 0.29) is 5.54 Å². The lowest BCUT2D eigenvalue weighted by atomic mass is 10.1. The summed E-state index contributed by atoms with van der Waals surface area (Å²) in [6.07, 6.45) is 22.4. The lowest BCUT2D eigenvalue weighted by molar-refractivity contribution is 0.0696.